The van der Waals surface area contributed by atoms with Crippen LogP contribution in [-0.4, -0.2) is 33.0 Å². The van der Waals surface area contributed by atoms with Crippen LogP contribution in [0.15, 0.2) is 53.4 Å². The van der Waals surface area contributed by atoms with Crippen molar-refractivity contribution in [3.63, 3.8) is 0 Å². The topological polar surface area (TPSA) is 77.5 Å². The van der Waals surface area contributed by atoms with Crippen molar-refractivity contribution >= 4 is 21.6 Å². The molecule has 0 amide bonds. The monoisotopic (exact) mass is 360 g/mol. The molecule has 0 aliphatic carbocycles. The van der Waals surface area contributed by atoms with E-state index in [4.69, 9.17) is 4.74 Å². The summed E-state index contributed by atoms with van der Waals surface area (Å²) < 4.78 is 28.5. The largest absolute Gasteiger partial charge is 0.454 e. The first-order chi connectivity index (χ1) is 11.8. The molecule has 0 bridgehead atoms. The van der Waals surface area contributed by atoms with E-state index < -0.39 is 22.4 Å². The van der Waals surface area contributed by atoms with E-state index in [2.05, 4.69) is 6.92 Å². The van der Waals surface area contributed by atoms with Gasteiger partial charge in [-0.15, -0.1) is 0 Å². The first-order valence-electron chi connectivity index (χ1n) is 7.91. The molecule has 0 saturated heterocycles. The Labute approximate surface area is 147 Å². The second-order valence-corrected chi connectivity index (χ2v) is 7.70. The van der Waals surface area contributed by atoms with Crippen LogP contribution in [0.1, 0.15) is 39.6 Å². The molecule has 6 heteroatoms. The van der Waals surface area contributed by atoms with E-state index in [1.54, 1.807) is 18.2 Å². The molecule has 0 N–H and O–H groups in total. The minimum Gasteiger partial charge on any atom is -0.454 e. The summed E-state index contributed by atoms with van der Waals surface area (Å²) in [5.74, 6) is -1.18. The van der Waals surface area contributed by atoms with Crippen molar-refractivity contribution in [2.24, 2.45) is 0 Å². The smallest absolute Gasteiger partial charge is 0.339 e. The molecular weight excluding hydrogens is 340 g/mol. The first-order valence-corrected chi connectivity index (χ1v) is 9.80. The van der Waals surface area contributed by atoms with Gasteiger partial charge in [-0.2, -0.15) is 0 Å². The molecule has 2 rings (SSSR count). The molecule has 0 aromatic heterocycles. The zero-order chi connectivity index (χ0) is 18.4. The number of aryl methyl sites for hydroxylation is 1. The fourth-order valence-electron chi connectivity index (χ4n) is 2.40. The van der Waals surface area contributed by atoms with Gasteiger partial charge in [-0.05, 0) is 24.1 Å². The molecule has 0 saturated carbocycles. The SMILES string of the molecule is CCCc1ccc(C(=O)COC(=O)c2ccccc2S(C)(=O)=O)cc1. The van der Waals surface area contributed by atoms with Crippen LogP contribution in [0, 0.1) is 0 Å². The van der Waals surface area contributed by atoms with Gasteiger partial charge < -0.3 is 4.74 Å². The standard InChI is InChI=1S/C19H20O5S/c1-3-6-14-9-11-15(12-10-14)17(20)13-24-19(21)16-7-4-5-8-18(16)25(2,22)23/h4-5,7-12H,3,6,13H2,1-2H3. The highest BCUT2D eigenvalue weighted by Gasteiger charge is 2.20. The summed E-state index contributed by atoms with van der Waals surface area (Å²) in [6, 6.07) is 12.9. The van der Waals surface area contributed by atoms with Crippen molar-refractivity contribution in [3.8, 4) is 0 Å². The molecule has 0 atom stereocenters. The second kappa shape index (κ2) is 8.07. The number of benzene rings is 2. The molecule has 2 aromatic rings. The van der Waals surface area contributed by atoms with Gasteiger partial charge in [-0.3, -0.25) is 4.79 Å². The zero-order valence-electron chi connectivity index (χ0n) is 14.2. The molecule has 0 fully saturated rings. The maximum Gasteiger partial charge on any atom is 0.339 e. The highest BCUT2D eigenvalue weighted by molar-refractivity contribution is 7.90. The lowest BCUT2D eigenvalue weighted by Gasteiger charge is -2.08. The van der Waals surface area contributed by atoms with E-state index >= 15 is 0 Å². The lowest BCUT2D eigenvalue weighted by Crippen LogP contribution is -2.16. The fraction of sp³-hybridized carbons (Fsp3) is 0.263. The number of sulfone groups is 1. The van der Waals surface area contributed by atoms with Crippen LogP contribution >= 0.6 is 0 Å². The van der Waals surface area contributed by atoms with E-state index in [1.165, 1.54) is 18.2 Å². The molecule has 25 heavy (non-hydrogen) atoms. The number of Topliss-reactive ketones (excluding diaryl/α,β-unsaturated/α-hetero) is 1. The summed E-state index contributed by atoms with van der Waals surface area (Å²) in [5.41, 5.74) is 1.51. The molecule has 0 heterocycles. The summed E-state index contributed by atoms with van der Waals surface area (Å²) in [5, 5.41) is 0. The minimum atomic E-state index is -3.57. The Morgan fingerprint density at radius 2 is 1.64 bits per heavy atom. The summed E-state index contributed by atoms with van der Waals surface area (Å²) in [4.78, 5) is 24.2. The van der Waals surface area contributed by atoms with Crippen LogP contribution in [0.25, 0.3) is 0 Å². The van der Waals surface area contributed by atoms with Gasteiger partial charge in [-0.25, -0.2) is 13.2 Å². The van der Waals surface area contributed by atoms with Gasteiger partial charge in [0.25, 0.3) is 0 Å². The lowest BCUT2D eigenvalue weighted by molar-refractivity contribution is 0.0471. The quantitative estimate of drug-likeness (QED) is 0.560. The average Bonchev–Trinajstić information content (AvgIpc) is 2.59. The van der Waals surface area contributed by atoms with Gasteiger partial charge in [0.1, 0.15) is 0 Å². The maximum atomic E-state index is 12.1. The first kappa shape index (κ1) is 18.9. The maximum absolute atomic E-state index is 12.1. The van der Waals surface area contributed by atoms with Gasteiger partial charge in [0, 0.05) is 11.8 Å². The fourth-order valence-corrected chi connectivity index (χ4v) is 3.27. The van der Waals surface area contributed by atoms with Crippen LogP contribution in [0.3, 0.4) is 0 Å². The molecule has 0 aliphatic heterocycles. The Bertz CT molecular complexity index is 867. The van der Waals surface area contributed by atoms with Crippen LogP contribution < -0.4 is 0 Å². The normalized spacial score (nSPS) is 11.1. The van der Waals surface area contributed by atoms with Gasteiger partial charge in [-0.1, -0.05) is 49.7 Å². The Morgan fingerprint density at radius 1 is 1.00 bits per heavy atom. The van der Waals surface area contributed by atoms with Crippen molar-refractivity contribution in [1.82, 2.24) is 0 Å². The van der Waals surface area contributed by atoms with E-state index in [9.17, 15) is 18.0 Å². The number of esters is 1. The van der Waals surface area contributed by atoms with E-state index in [-0.39, 0.29) is 16.2 Å². The van der Waals surface area contributed by atoms with Gasteiger partial charge in [0.05, 0.1) is 10.5 Å². The lowest BCUT2D eigenvalue weighted by atomic mass is 10.1. The number of carbonyl (C=O) groups is 2. The van der Waals surface area contributed by atoms with E-state index in [0.717, 1.165) is 24.7 Å². The Kier molecular flexibility index (Phi) is 6.09. The summed E-state index contributed by atoms with van der Waals surface area (Å²) in [6.07, 6.45) is 2.97. The summed E-state index contributed by atoms with van der Waals surface area (Å²) in [7, 11) is -3.57. The van der Waals surface area contributed by atoms with Crippen LogP contribution in [0.4, 0.5) is 0 Å². The molecule has 2 aromatic carbocycles. The highest BCUT2D eigenvalue weighted by atomic mass is 32.2. The third kappa shape index (κ3) is 5.00. The third-order valence-corrected chi connectivity index (χ3v) is 4.81. The van der Waals surface area contributed by atoms with Crippen molar-refractivity contribution in [1.29, 1.82) is 0 Å². The van der Waals surface area contributed by atoms with Crippen LogP contribution in [0.2, 0.25) is 0 Å². The Balaban J connectivity index is 2.06. The highest BCUT2D eigenvalue weighted by Crippen LogP contribution is 2.16. The predicted molar refractivity (Wildman–Crippen MR) is 94.6 cm³/mol. The van der Waals surface area contributed by atoms with Gasteiger partial charge in [0.2, 0.25) is 0 Å². The number of ether oxygens (including phenoxy) is 1. The van der Waals surface area contributed by atoms with Crippen LogP contribution in [-0.2, 0) is 21.0 Å². The van der Waals surface area contributed by atoms with E-state index in [1.807, 2.05) is 12.1 Å². The van der Waals surface area contributed by atoms with E-state index in [0.29, 0.717) is 5.56 Å². The second-order valence-electron chi connectivity index (χ2n) is 5.71. The number of hydrogen-bond donors (Lipinski definition) is 0. The molecule has 0 aliphatic rings. The number of carbonyl (C=O) groups excluding carboxylic acids is 2. The zero-order valence-corrected chi connectivity index (χ0v) is 15.0. The number of ketones is 1. The van der Waals surface area contributed by atoms with Crippen molar-refractivity contribution < 1.29 is 22.7 Å². The average molecular weight is 360 g/mol. The number of hydrogen-bond acceptors (Lipinski definition) is 5. The van der Waals surface area contributed by atoms with Gasteiger partial charge >= 0.3 is 5.97 Å². The third-order valence-electron chi connectivity index (χ3n) is 3.66. The molecule has 0 radical (unpaired) electrons. The predicted octanol–water partition coefficient (Wildman–Crippen LogP) is 3.08. The van der Waals surface area contributed by atoms with Crippen molar-refractivity contribution in [2.75, 3.05) is 12.9 Å². The van der Waals surface area contributed by atoms with Crippen molar-refractivity contribution in [2.45, 2.75) is 24.7 Å². The number of rotatable bonds is 7. The van der Waals surface area contributed by atoms with Gasteiger partial charge in [0.15, 0.2) is 22.2 Å². The summed E-state index contributed by atoms with van der Waals surface area (Å²) >= 11 is 0. The Hall–Kier alpha value is -2.47. The Morgan fingerprint density at radius 3 is 2.24 bits per heavy atom. The molecule has 5 nitrogen and oxygen atoms in total. The minimum absolute atomic E-state index is 0.0731. The summed E-state index contributed by atoms with van der Waals surface area (Å²) in [6.45, 7) is 1.64. The van der Waals surface area contributed by atoms with Crippen molar-refractivity contribution in [3.05, 3.63) is 65.2 Å². The molecule has 0 spiro atoms. The molecule has 132 valence electrons. The van der Waals surface area contributed by atoms with Crippen LogP contribution in [0.5, 0.6) is 0 Å². The molecule has 0 unspecified atom stereocenters. The molecular formula is C19H20O5S.